The number of carbonyl (C=O) groups excluding carboxylic acids is 1. The van der Waals surface area contributed by atoms with Crippen molar-refractivity contribution in [2.75, 3.05) is 5.32 Å². The molecule has 0 fully saturated rings. The zero-order chi connectivity index (χ0) is 15.3. The Morgan fingerprint density at radius 1 is 1.30 bits per heavy atom. The number of aryl methyl sites for hydroxylation is 1. The lowest BCUT2D eigenvalue weighted by atomic mass is 10.2. The molecular formula is C12H14Cl3N3OS. The van der Waals surface area contributed by atoms with Crippen LogP contribution in [-0.4, -0.2) is 21.0 Å². The van der Waals surface area contributed by atoms with Crippen LogP contribution in [0.2, 0.25) is 0 Å². The molecule has 0 aromatic heterocycles. The van der Waals surface area contributed by atoms with Crippen molar-refractivity contribution in [1.82, 2.24) is 10.6 Å². The highest BCUT2D eigenvalue weighted by Gasteiger charge is 2.33. The average molecular weight is 355 g/mol. The Kier molecular flexibility index (Phi) is 6.33. The molecule has 0 aliphatic rings. The maximum Gasteiger partial charge on any atom is 0.228 e. The minimum absolute atomic E-state index is 0.237. The summed E-state index contributed by atoms with van der Waals surface area (Å²) in [7, 11) is 0. The van der Waals surface area contributed by atoms with Crippen LogP contribution in [0.3, 0.4) is 0 Å². The summed E-state index contributed by atoms with van der Waals surface area (Å²) in [5.74, 6) is -0.341. The lowest BCUT2D eigenvalue weighted by Gasteiger charge is -2.27. The van der Waals surface area contributed by atoms with Crippen molar-refractivity contribution in [3.05, 3.63) is 29.8 Å². The molecule has 20 heavy (non-hydrogen) atoms. The molecule has 4 nitrogen and oxygen atoms in total. The molecule has 0 radical (unpaired) electrons. The Bertz CT molecular complexity index is 505. The van der Waals surface area contributed by atoms with Gasteiger partial charge in [0.15, 0.2) is 5.11 Å². The van der Waals surface area contributed by atoms with Crippen LogP contribution in [0.5, 0.6) is 0 Å². The normalized spacial score (nSPS) is 12.4. The molecule has 3 N–H and O–H groups in total. The fourth-order valence-corrected chi connectivity index (χ4v) is 1.99. The van der Waals surface area contributed by atoms with E-state index >= 15 is 0 Å². The first kappa shape index (κ1) is 17.3. The molecule has 0 aliphatic carbocycles. The summed E-state index contributed by atoms with van der Waals surface area (Å²) in [5, 5.41) is 8.41. The molecule has 0 heterocycles. The topological polar surface area (TPSA) is 53.2 Å². The van der Waals surface area contributed by atoms with Crippen LogP contribution in [0.4, 0.5) is 5.69 Å². The Morgan fingerprint density at radius 2 is 1.95 bits per heavy atom. The molecule has 110 valence electrons. The van der Waals surface area contributed by atoms with Gasteiger partial charge in [-0.05, 0) is 36.8 Å². The second-order valence-electron chi connectivity index (χ2n) is 4.14. The third kappa shape index (κ3) is 6.13. The quantitative estimate of drug-likeness (QED) is 0.443. The number of anilines is 1. The molecule has 0 unspecified atom stereocenters. The molecule has 0 spiro atoms. The van der Waals surface area contributed by atoms with E-state index in [1.54, 1.807) is 0 Å². The lowest BCUT2D eigenvalue weighted by molar-refractivity contribution is -0.119. The second-order valence-corrected chi connectivity index (χ2v) is 6.92. The van der Waals surface area contributed by atoms with E-state index in [0.29, 0.717) is 0 Å². The van der Waals surface area contributed by atoms with Crippen molar-refractivity contribution in [2.24, 2.45) is 0 Å². The molecule has 8 heteroatoms. The number of hydrogen-bond donors (Lipinski definition) is 3. The zero-order valence-corrected chi connectivity index (χ0v) is 13.9. The van der Waals surface area contributed by atoms with Crippen molar-refractivity contribution >= 4 is 63.7 Å². The molecule has 0 bridgehead atoms. The summed E-state index contributed by atoms with van der Waals surface area (Å²) < 4.78 is -1.73. The number of rotatable bonds is 3. The fraction of sp³-hybridized carbons (Fsp3) is 0.333. The molecule has 1 rings (SSSR count). The van der Waals surface area contributed by atoms with Gasteiger partial charge in [0.2, 0.25) is 9.70 Å². The summed E-state index contributed by atoms with van der Waals surface area (Å²) in [6.45, 7) is 3.28. The highest BCUT2D eigenvalue weighted by Crippen LogP contribution is 2.29. The van der Waals surface area contributed by atoms with Gasteiger partial charge in [0.25, 0.3) is 0 Å². The lowest BCUT2D eigenvalue weighted by Crippen LogP contribution is -2.55. The first-order valence-corrected chi connectivity index (χ1v) is 7.20. The Hall–Kier alpha value is -0.750. The minimum Gasteiger partial charge on any atom is -0.339 e. The van der Waals surface area contributed by atoms with Crippen LogP contribution in [0.15, 0.2) is 24.3 Å². The number of alkyl halides is 3. The highest BCUT2D eigenvalue weighted by molar-refractivity contribution is 7.80. The third-order valence-corrected chi connectivity index (χ3v) is 3.10. The van der Waals surface area contributed by atoms with Gasteiger partial charge in [-0.15, -0.1) is 0 Å². The average Bonchev–Trinajstić information content (AvgIpc) is 2.26. The van der Waals surface area contributed by atoms with E-state index in [2.05, 4.69) is 16.0 Å². The standard InChI is InChI=1S/C12H14Cl3N3OS/c1-7-4-3-5-9(6-7)17-11(20)18-10(12(13,14)15)16-8(2)19/h3-6,10H,1-2H3,(H,16,19)(H2,17,18,20)/t10-/m0/s1. The SMILES string of the molecule is CC(=O)N[C@@H](NC(=S)Nc1cccc(C)c1)C(Cl)(Cl)Cl. The third-order valence-electron chi connectivity index (χ3n) is 2.23. The zero-order valence-electron chi connectivity index (χ0n) is 10.8. The van der Waals surface area contributed by atoms with Gasteiger partial charge in [0, 0.05) is 12.6 Å². The van der Waals surface area contributed by atoms with Crippen molar-refractivity contribution < 1.29 is 4.79 Å². The second kappa shape index (κ2) is 7.31. The van der Waals surface area contributed by atoms with E-state index in [1.807, 2.05) is 31.2 Å². The van der Waals surface area contributed by atoms with Gasteiger partial charge >= 0.3 is 0 Å². The molecule has 1 amide bonds. The van der Waals surface area contributed by atoms with Gasteiger partial charge in [0.1, 0.15) is 6.17 Å². The number of thiocarbonyl (C=S) groups is 1. The molecule has 1 atom stereocenters. The van der Waals surface area contributed by atoms with E-state index in [9.17, 15) is 4.79 Å². The molecule has 0 saturated carbocycles. The maximum atomic E-state index is 11.1. The number of nitrogens with one attached hydrogen (secondary N) is 3. The first-order chi connectivity index (χ1) is 9.18. The number of hydrogen-bond acceptors (Lipinski definition) is 2. The number of amides is 1. The van der Waals surface area contributed by atoms with Crippen LogP contribution in [0, 0.1) is 6.92 Å². The molecule has 1 aromatic rings. The monoisotopic (exact) mass is 353 g/mol. The van der Waals surface area contributed by atoms with Crippen LogP contribution in [0.25, 0.3) is 0 Å². The van der Waals surface area contributed by atoms with Crippen molar-refractivity contribution in [3.8, 4) is 0 Å². The van der Waals surface area contributed by atoms with Gasteiger partial charge < -0.3 is 16.0 Å². The predicted octanol–water partition coefficient (Wildman–Crippen LogP) is 3.11. The summed E-state index contributed by atoms with van der Waals surface area (Å²) in [6, 6.07) is 7.62. The Labute approximate surface area is 138 Å². The van der Waals surface area contributed by atoms with Crippen LogP contribution in [0.1, 0.15) is 12.5 Å². The first-order valence-electron chi connectivity index (χ1n) is 5.66. The van der Waals surface area contributed by atoms with Crippen molar-refractivity contribution in [1.29, 1.82) is 0 Å². The van der Waals surface area contributed by atoms with Crippen molar-refractivity contribution in [2.45, 2.75) is 23.8 Å². The van der Waals surface area contributed by atoms with E-state index in [-0.39, 0.29) is 11.0 Å². The Morgan fingerprint density at radius 3 is 2.45 bits per heavy atom. The summed E-state index contributed by atoms with van der Waals surface area (Å²) in [5.41, 5.74) is 1.88. The largest absolute Gasteiger partial charge is 0.339 e. The van der Waals surface area contributed by atoms with Gasteiger partial charge in [-0.2, -0.15) is 0 Å². The number of benzene rings is 1. The van der Waals surface area contributed by atoms with Crippen LogP contribution < -0.4 is 16.0 Å². The van der Waals surface area contributed by atoms with Crippen LogP contribution in [-0.2, 0) is 4.79 Å². The van der Waals surface area contributed by atoms with Crippen molar-refractivity contribution in [3.63, 3.8) is 0 Å². The van der Waals surface area contributed by atoms with E-state index in [1.165, 1.54) is 6.92 Å². The summed E-state index contributed by atoms with van der Waals surface area (Å²) in [4.78, 5) is 11.1. The van der Waals surface area contributed by atoms with E-state index in [4.69, 9.17) is 47.0 Å². The highest BCUT2D eigenvalue weighted by atomic mass is 35.6. The number of carbonyl (C=O) groups is 1. The molecule has 0 saturated heterocycles. The smallest absolute Gasteiger partial charge is 0.228 e. The number of halogens is 3. The molecule has 0 aliphatic heterocycles. The van der Waals surface area contributed by atoms with Gasteiger partial charge in [-0.1, -0.05) is 46.9 Å². The van der Waals surface area contributed by atoms with E-state index < -0.39 is 9.96 Å². The van der Waals surface area contributed by atoms with Gasteiger partial charge in [-0.3, -0.25) is 4.79 Å². The molecular weight excluding hydrogens is 341 g/mol. The predicted molar refractivity (Wildman–Crippen MR) is 88.4 cm³/mol. The maximum absolute atomic E-state index is 11.1. The minimum atomic E-state index is -1.73. The van der Waals surface area contributed by atoms with Crippen LogP contribution >= 0.6 is 47.0 Å². The van der Waals surface area contributed by atoms with Gasteiger partial charge in [-0.25, -0.2) is 0 Å². The summed E-state index contributed by atoms with van der Waals surface area (Å²) >= 11 is 22.5. The van der Waals surface area contributed by atoms with E-state index in [0.717, 1.165) is 11.3 Å². The fourth-order valence-electron chi connectivity index (χ4n) is 1.42. The Balaban J connectivity index is 2.69. The summed E-state index contributed by atoms with van der Waals surface area (Å²) in [6.07, 6.45) is -0.935. The van der Waals surface area contributed by atoms with Gasteiger partial charge in [0.05, 0.1) is 0 Å². The molecule has 1 aromatic carbocycles.